The fourth-order valence-electron chi connectivity index (χ4n) is 1.65. The number of ketones is 1. The van der Waals surface area contributed by atoms with Gasteiger partial charge in [0.25, 0.3) is 0 Å². The van der Waals surface area contributed by atoms with Crippen LogP contribution in [-0.2, 0) is 14.8 Å². The van der Waals surface area contributed by atoms with Crippen molar-refractivity contribution in [2.75, 3.05) is 20.1 Å². The minimum atomic E-state index is -3.74. The predicted octanol–water partition coefficient (Wildman–Crippen LogP) is 1.04. The highest BCUT2D eigenvalue weighted by Crippen LogP contribution is 2.15. The number of likely N-dealkylation sites (N-methyl/N-ethyl adjacent to an activating group) is 1. The van der Waals surface area contributed by atoms with E-state index in [2.05, 4.69) is 5.32 Å². The van der Waals surface area contributed by atoms with Crippen LogP contribution in [0.3, 0.4) is 0 Å². The molecule has 0 unspecified atom stereocenters. The van der Waals surface area contributed by atoms with E-state index in [0.717, 1.165) is 10.7 Å². The molecule has 0 spiro atoms. The van der Waals surface area contributed by atoms with Crippen molar-refractivity contribution in [1.82, 2.24) is 9.62 Å². The molecule has 0 heterocycles. The molecule has 1 aromatic rings. The van der Waals surface area contributed by atoms with Gasteiger partial charge in [-0.25, -0.2) is 8.42 Å². The van der Waals surface area contributed by atoms with Gasteiger partial charge in [-0.15, -0.1) is 0 Å². The molecule has 116 valence electrons. The summed E-state index contributed by atoms with van der Waals surface area (Å²) in [6, 6.07) is 5.65. The highest BCUT2D eigenvalue weighted by Gasteiger charge is 2.22. The number of nitrogens with one attached hydrogen (secondary N) is 1. The van der Waals surface area contributed by atoms with Gasteiger partial charge in [0.05, 0.1) is 11.4 Å². The summed E-state index contributed by atoms with van der Waals surface area (Å²) < 4.78 is 25.6. The van der Waals surface area contributed by atoms with E-state index >= 15 is 0 Å². The molecule has 0 saturated heterocycles. The lowest BCUT2D eigenvalue weighted by Gasteiger charge is -2.17. The second-order valence-electron chi connectivity index (χ2n) is 4.69. The molecule has 0 aliphatic carbocycles. The summed E-state index contributed by atoms with van der Waals surface area (Å²) >= 11 is 0. The van der Waals surface area contributed by atoms with Gasteiger partial charge in [0.2, 0.25) is 15.9 Å². The van der Waals surface area contributed by atoms with E-state index in [1.54, 1.807) is 0 Å². The average molecular weight is 312 g/mol. The second kappa shape index (κ2) is 7.33. The molecule has 1 N–H and O–H groups in total. The van der Waals surface area contributed by atoms with E-state index in [-0.39, 0.29) is 23.1 Å². The summed E-state index contributed by atoms with van der Waals surface area (Å²) in [7, 11) is -2.39. The molecule has 21 heavy (non-hydrogen) atoms. The quantitative estimate of drug-likeness (QED) is 0.762. The van der Waals surface area contributed by atoms with Crippen LogP contribution in [0.1, 0.15) is 30.6 Å². The Balaban J connectivity index is 2.84. The zero-order chi connectivity index (χ0) is 16.0. The van der Waals surface area contributed by atoms with Gasteiger partial charge in [0.15, 0.2) is 5.78 Å². The number of carbonyl (C=O) groups excluding carboxylic acids is 2. The van der Waals surface area contributed by atoms with Crippen LogP contribution in [0.15, 0.2) is 29.2 Å². The van der Waals surface area contributed by atoms with E-state index in [4.69, 9.17) is 0 Å². The predicted molar refractivity (Wildman–Crippen MR) is 79.6 cm³/mol. The second-order valence-corrected chi connectivity index (χ2v) is 6.74. The van der Waals surface area contributed by atoms with Crippen molar-refractivity contribution in [3.63, 3.8) is 0 Å². The van der Waals surface area contributed by atoms with E-state index in [9.17, 15) is 18.0 Å². The number of benzene rings is 1. The Morgan fingerprint density at radius 2 is 1.76 bits per heavy atom. The molecule has 0 saturated carbocycles. The SMILES string of the molecule is CCCNC(=O)CN(C)S(=O)(=O)c1ccc(C(C)=O)cc1. The zero-order valence-corrected chi connectivity index (χ0v) is 13.2. The standard InChI is InChI=1S/C14H20N2O4S/c1-4-9-15-14(18)10-16(3)21(19,20)13-7-5-12(6-8-13)11(2)17/h5-8H,4,9-10H2,1-3H3,(H,15,18). The van der Waals surface area contributed by atoms with Crippen LogP contribution >= 0.6 is 0 Å². The maximum Gasteiger partial charge on any atom is 0.243 e. The van der Waals surface area contributed by atoms with Crippen molar-refractivity contribution in [3.8, 4) is 0 Å². The Bertz CT molecular complexity index is 608. The summed E-state index contributed by atoms with van der Waals surface area (Å²) in [6.07, 6.45) is 0.786. The molecule has 0 aliphatic heterocycles. The Hall–Kier alpha value is -1.73. The first-order chi connectivity index (χ1) is 9.78. The zero-order valence-electron chi connectivity index (χ0n) is 12.4. The maximum absolute atomic E-state index is 12.3. The van der Waals surface area contributed by atoms with Crippen LogP contribution in [0.5, 0.6) is 0 Å². The number of Topliss-reactive ketones (excluding diaryl/α,β-unsaturated/α-hetero) is 1. The Morgan fingerprint density at radius 1 is 1.19 bits per heavy atom. The summed E-state index contributed by atoms with van der Waals surface area (Å²) in [5, 5.41) is 2.62. The molecule has 7 heteroatoms. The van der Waals surface area contributed by atoms with Crippen LogP contribution in [0.2, 0.25) is 0 Å². The third-order valence-corrected chi connectivity index (χ3v) is 4.73. The van der Waals surface area contributed by atoms with Crippen molar-refractivity contribution in [3.05, 3.63) is 29.8 Å². The largest absolute Gasteiger partial charge is 0.355 e. The molecule has 0 aliphatic rings. The van der Waals surface area contributed by atoms with Crippen molar-refractivity contribution >= 4 is 21.7 Å². The smallest absolute Gasteiger partial charge is 0.243 e. The van der Waals surface area contributed by atoms with E-state index in [0.29, 0.717) is 12.1 Å². The van der Waals surface area contributed by atoms with Crippen molar-refractivity contribution in [2.45, 2.75) is 25.2 Å². The molecule has 1 rings (SSSR count). The molecular weight excluding hydrogens is 292 g/mol. The van der Waals surface area contributed by atoms with Gasteiger partial charge in [-0.3, -0.25) is 9.59 Å². The number of sulfonamides is 1. The molecule has 0 aromatic heterocycles. The number of amides is 1. The van der Waals surface area contributed by atoms with Gasteiger partial charge in [-0.05, 0) is 25.5 Å². The van der Waals surface area contributed by atoms with Crippen molar-refractivity contribution in [2.24, 2.45) is 0 Å². The highest BCUT2D eigenvalue weighted by atomic mass is 32.2. The molecular formula is C14H20N2O4S. The Labute approximate surface area is 125 Å². The molecule has 0 fully saturated rings. The highest BCUT2D eigenvalue weighted by molar-refractivity contribution is 7.89. The first-order valence-corrected chi connectivity index (χ1v) is 8.07. The van der Waals surface area contributed by atoms with E-state index < -0.39 is 10.0 Å². The van der Waals surface area contributed by atoms with Crippen LogP contribution < -0.4 is 5.32 Å². The third kappa shape index (κ3) is 4.64. The molecule has 0 atom stereocenters. The van der Waals surface area contributed by atoms with Gasteiger partial charge < -0.3 is 5.32 Å². The van der Waals surface area contributed by atoms with Crippen LogP contribution in [-0.4, -0.2) is 44.6 Å². The van der Waals surface area contributed by atoms with Gasteiger partial charge in [0, 0.05) is 19.2 Å². The fourth-order valence-corrected chi connectivity index (χ4v) is 2.78. The number of hydrogen-bond acceptors (Lipinski definition) is 4. The summed E-state index contributed by atoms with van der Waals surface area (Å²) in [6.45, 7) is 3.60. The molecule has 1 aromatic carbocycles. The first-order valence-electron chi connectivity index (χ1n) is 6.63. The molecule has 6 nitrogen and oxygen atoms in total. The van der Waals surface area contributed by atoms with E-state index in [1.165, 1.54) is 38.2 Å². The van der Waals surface area contributed by atoms with Crippen molar-refractivity contribution < 1.29 is 18.0 Å². The normalized spacial score (nSPS) is 11.4. The Kier molecular flexibility index (Phi) is 6.04. The molecule has 0 bridgehead atoms. The third-order valence-electron chi connectivity index (χ3n) is 2.91. The number of nitrogens with zero attached hydrogens (tertiary/aromatic N) is 1. The van der Waals surface area contributed by atoms with Crippen LogP contribution in [0.25, 0.3) is 0 Å². The summed E-state index contributed by atoms with van der Waals surface area (Å²) in [5.41, 5.74) is 0.442. The van der Waals surface area contributed by atoms with Crippen LogP contribution in [0, 0.1) is 0 Å². The Morgan fingerprint density at radius 3 is 2.24 bits per heavy atom. The fraction of sp³-hybridized carbons (Fsp3) is 0.429. The van der Waals surface area contributed by atoms with E-state index in [1.807, 2.05) is 6.92 Å². The van der Waals surface area contributed by atoms with Gasteiger partial charge in [-0.1, -0.05) is 19.1 Å². The lowest BCUT2D eigenvalue weighted by atomic mass is 10.2. The average Bonchev–Trinajstić information content (AvgIpc) is 2.45. The minimum Gasteiger partial charge on any atom is -0.355 e. The summed E-state index contributed by atoms with van der Waals surface area (Å²) in [5.74, 6) is -0.477. The minimum absolute atomic E-state index is 0.0540. The van der Waals surface area contributed by atoms with Gasteiger partial charge in [-0.2, -0.15) is 4.31 Å². The number of rotatable bonds is 7. The molecule has 0 radical (unpaired) electrons. The number of carbonyl (C=O) groups is 2. The molecule has 1 amide bonds. The topological polar surface area (TPSA) is 83.6 Å². The lowest BCUT2D eigenvalue weighted by molar-refractivity contribution is -0.121. The van der Waals surface area contributed by atoms with Gasteiger partial charge >= 0.3 is 0 Å². The van der Waals surface area contributed by atoms with Crippen molar-refractivity contribution in [1.29, 1.82) is 0 Å². The van der Waals surface area contributed by atoms with Gasteiger partial charge in [0.1, 0.15) is 0 Å². The lowest BCUT2D eigenvalue weighted by Crippen LogP contribution is -2.38. The monoisotopic (exact) mass is 312 g/mol. The summed E-state index contributed by atoms with van der Waals surface area (Å²) in [4.78, 5) is 22.8. The number of hydrogen-bond donors (Lipinski definition) is 1. The van der Waals surface area contributed by atoms with Crippen LogP contribution in [0.4, 0.5) is 0 Å². The first kappa shape index (κ1) is 17.3. The maximum atomic E-state index is 12.3.